The van der Waals surface area contributed by atoms with Crippen LogP contribution in [0.4, 0.5) is 0 Å². The van der Waals surface area contributed by atoms with Crippen molar-refractivity contribution in [1.82, 2.24) is 5.32 Å². The zero-order valence-corrected chi connectivity index (χ0v) is 14.2. The molecule has 21 heavy (non-hydrogen) atoms. The van der Waals surface area contributed by atoms with Crippen molar-refractivity contribution in [3.63, 3.8) is 0 Å². The van der Waals surface area contributed by atoms with Gasteiger partial charge in [0.15, 0.2) is 0 Å². The molecule has 0 aliphatic heterocycles. The van der Waals surface area contributed by atoms with Crippen LogP contribution in [0.3, 0.4) is 0 Å². The third kappa shape index (κ3) is 3.94. The van der Waals surface area contributed by atoms with E-state index < -0.39 is 0 Å². The Bertz CT molecular complexity index is 619. The highest BCUT2D eigenvalue weighted by Gasteiger charge is 2.15. The Kier molecular flexibility index (Phi) is 4.52. The molecule has 1 aromatic carbocycles. The standard InChI is InChI=1S/C18H23NOS/c1-12-10-15(11-21-12)17(20)19-13(2)14-6-8-16(9-7-14)18(3,4)5/h6-11,13H,1-5H3,(H,19,20). The molecule has 1 heterocycles. The molecule has 0 fully saturated rings. The van der Waals surface area contributed by atoms with Crippen LogP contribution in [0, 0.1) is 6.92 Å². The molecule has 2 aromatic rings. The fraction of sp³-hybridized carbons (Fsp3) is 0.389. The number of benzene rings is 1. The lowest BCUT2D eigenvalue weighted by Crippen LogP contribution is -2.26. The van der Waals surface area contributed by atoms with Gasteiger partial charge in [0, 0.05) is 10.3 Å². The van der Waals surface area contributed by atoms with Gasteiger partial charge in [0.25, 0.3) is 5.91 Å². The molecular formula is C18H23NOS. The fourth-order valence-corrected chi connectivity index (χ4v) is 2.88. The van der Waals surface area contributed by atoms with Gasteiger partial charge in [0.1, 0.15) is 0 Å². The molecule has 1 unspecified atom stereocenters. The minimum Gasteiger partial charge on any atom is -0.345 e. The highest BCUT2D eigenvalue weighted by atomic mass is 32.1. The van der Waals surface area contributed by atoms with Crippen LogP contribution in [0.5, 0.6) is 0 Å². The van der Waals surface area contributed by atoms with Crippen molar-refractivity contribution in [2.45, 2.75) is 46.1 Å². The van der Waals surface area contributed by atoms with E-state index in [9.17, 15) is 4.79 Å². The summed E-state index contributed by atoms with van der Waals surface area (Å²) in [6.45, 7) is 10.6. The fourth-order valence-electron chi connectivity index (χ4n) is 2.20. The molecule has 112 valence electrons. The molecule has 2 nitrogen and oxygen atoms in total. The molecule has 1 N–H and O–H groups in total. The van der Waals surface area contributed by atoms with Gasteiger partial charge in [-0.05, 0) is 36.5 Å². The average molecular weight is 301 g/mol. The lowest BCUT2D eigenvalue weighted by Gasteiger charge is -2.20. The minimum absolute atomic E-state index is 0.00623. The molecule has 1 amide bonds. The van der Waals surface area contributed by atoms with Crippen LogP contribution in [0.15, 0.2) is 35.7 Å². The summed E-state index contributed by atoms with van der Waals surface area (Å²) in [5.41, 5.74) is 3.33. The first-order valence-electron chi connectivity index (χ1n) is 7.24. The number of hydrogen-bond acceptors (Lipinski definition) is 2. The predicted molar refractivity (Wildman–Crippen MR) is 90.1 cm³/mol. The van der Waals surface area contributed by atoms with E-state index in [2.05, 4.69) is 50.4 Å². The summed E-state index contributed by atoms with van der Waals surface area (Å²) in [5.74, 6) is -0.00764. The van der Waals surface area contributed by atoms with Gasteiger partial charge in [0.05, 0.1) is 11.6 Å². The summed E-state index contributed by atoms with van der Waals surface area (Å²) in [7, 11) is 0. The Hall–Kier alpha value is -1.61. The van der Waals surface area contributed by atoms with E-state index >= 15 is 0 Å². The Morgan fingerprint density at radius 2 is 1.81 bits per heavy atom. The minimum atomic E-state index is -0.00764. The van der Waals surface area contributed by atoms with Gasteiger partial charge in [0.2, 0.25) is 0 Å². The van der Waals surface area contributed by atoms with Crippen molar-refractivity contribution in [3.8, 4) is 0 Å². The number of aryl methyl sites for hydroxylation is 1. The Balaban J connectivity index is 2.06. The third-order valence-corrected chi connectivity index (χ3v) is 4.48. The Morgan fingerprint density at radius 1 is 1.19 bits per heavy atom. The first-order chi connectivity index (χ1) is 9.77. The smallest absolute Gasteiger partial charge is 0.252 e. The molecular weight excluding hydrogens is 278 g/mol. The lowest BCUT2D eigenvalue weighted by molar-refractivity contribution is 0.0940. The molecule has 0 radical (unpaired) electrons. The summed E-state index contributed by atoms with van der Waals surface area (Å²) < 4.78 is 0. The number of carbonyl (C=O) groups excluding carboxylic acids is 1. The van der Waals surface area contributed by atoms with Crippen molar-refractivity contribution < 1.29 is 4.79 Å². The summed E-state index contributed by atoms with van der Waals surface area (Å²) in [4.78, 5) is 13.3. The second-order valence-corrected chi connectivity index (χ2v) is 7.63. The van der Waals surface area contributed by atoms with E-state index in [1.807, 2.05) is 25.3 Å². The van der Waals surface area contributed by atoms with Crippen molar-refractivity contribution >= 4 is 17.2 Å². The molecule has 2 rings (SSSR count). The summed E-state index contributed by atoms with van der Waals surface area (Å²) in [5, 5.41) is 4.95. The summed E-state index contributed by atoms with van der Waals surface area (Å²) in [6, 6.07) is 10.4. The number of carbonyl (C=O) groups is 1. The van der Waals surface area contributed by atoms with Crippen LogP contribution in [-0.2, 0) is 5.41 Å². The second kappa shape index (κ2) is 6.02. The van der Waals surface area contributed by atoms with E-state index in [0.717, 1.165) is 16.0 Å². The van der Waals surface area contributed by atoms with Crippen molar-refractivity contribution in [2.24, 2.45) is 0 Å². The zero-order valence-electron chi connectivity index (χ0n) is 13.4. The van der Waals surface area contributed by atoms with Gasteiger partial charge in [-0.15, -0.1) is 11.3 Å². The van der Waals surface area contributed by atoms with E-state index in [1.165, 1.54) is 5.56 Å². The van der Waals surface area contributed by atoms with Crippen molar-refractivity contribution in [2.75, 3.05) is 0 Å². The van der Waals surface area contributed by atoms with Gasteiger partial charge in [-0.3, -0.25) is 4.79 Å². The number of nitrogens with one attached hydrogen (secondary N) is 1. The van der Waals surface area contributed by atoms with Crippen LogP contribution >= 0.6 is 11.3 Å². The molecule has 0 saturated carbocycles. The molecule has 0 aliphatic rings. The van der Waals surface area contributed by atoms with E-state index in [1.54, 1.807) is 11.3 Å². The van der Waals surface area contributed by atoms with Crippen LogP contribution in [0.25, 0.3) is 0 Å². The van der Waals surface area contributed by atoms with E-state index in [0.29, 0.717) is 0 Å². The first-order valence-corrected chi connectivity index (χ1v) is 8.12. The Labute approximate surface area is 131 Å². The first kappa shape index (κ1) is 15.8. The zero-order chi connectivity index (χ0) is 15.6. The van der Waals surface area contributed by atoms with Crippen molar-refractivity contribution in [3.05, 3.63) is 57.3 Å². The molecule has 1 aromatic heterocycles. The topological polar surface area (TPSA) is 29.1 Å². The highest BCUT2D eigenvalue weighted by molar-refractivity contribution is 7.10. The van der Waals surface area contributed by atoms with Crippen LogP contribution in [-0.4, -0.2) is 5.91 Å². The SMILES string of the molecule is Cc1cc(C(=O)NC(C)c2ccc(C(C)(C)C)cc2)cs1. The monoisotopic (exact) mass is 301 g/mol. The van der Waals surface area contributed by atoms with Crippen LogP contribution in [0.1, 0.15) is 60.1 Å². The predicted octanol–water partition coefficient (Wildman–Crippen LogP) is 4.85. The van der Waals surface area contributed by atoms with Crippen LogP contribution in [0.2, 0.25) is 0 Å². The molecule has 3 heteroatoms. The molecule has 1 atom stereocenters. The highest BCUT2D eigenvalue weighted by Crippen LogP contribution is 2.24. The molecule has 0 saturated heterocycles. The molecule has 0 spiro atoms. The maximum atomic E-state index is 12.2. The number of rotatable bonds is 3. The van der Waals surface area contributed by atoms with Gasteiger partial charge in [-0.2, -0.15) is 0 Å². The second-order valence-electron chi connectivity index (χ2n) is 6.51. The van der Waals surface area contributed by atoms with E-state index in [-0.39, 0.29) is 17.4 Å². The average Bonchev–Trinajstić information content (AvgIpc) is 2.84. The quantitative estimate of drug-likeness (QED) is 0.863. The van der Waals surface area contributed by atoms with Crippen LogP contribution < -0.4 is 5.32 Å². The Morgan fingerprint density at radius 3 is 2.29 bits per heavy atom. The maximum absolute atomic E-state index is 12.2. The summed E-state index contributed by atoms with van der Waals surface area (Å²) in [6.07, 6.45) is 0. The lowest BCUT2D eigenvalue weighted by atomic mass is 9.86. The van der Waals surface area contributed by atoms with Gasteiger partial charge in [-0.1, -0.05) is 45.0 Å². The molecule has 0 bridgehead atoms. The number of hydrogen-bond donors (Lipinski definition) is 1. The van der Waals surface area contributed by atoms with Gasteiger partial charge < -0.3 is 5.32 Å². The van der Waals surface area contributed by atoms with Gasteiger partial charge >= 0.3 is 0 Å². The van der Waals surface area contributed by atoms with Crippen molar-refractivity contribution in [1.29, 1.82) is 0 Å². The van der Waals surface area contributed by atoms with Gasteiger partial charge in [-0.25, -0.2) is 0 Å². The summed E-state index contributed by atoms with van der Waals surface area (Å²) >= 11 is 1.60. The number of thiophene rings is 1. The molecule has 0 aliphatic carbocycles. The number of amides is 1. The maximum Gasteiger partial charge on any atom is 0.252 e. The van der Waals surface area contributed by atoms with E-state index in [4.69, 9.17) is 0 Å². The normalized spacial score (nSPS) is 13.0. The third-order valence-electron chi connectivity index (χ3n) is 3.62. The largest absolute Gasteiger partial charge is 0.345 e.